The summed E-state index contributed by atoms with van der Waals surface area (Å²) in [5.41, 5.74) is 3.72. The number of carbonyl (C=O) groups excluding carboxylic acids is 1. The Morgan fingerprint density at radius 2 is 1.74 bits per heavy atom. The van der Waals surface area contributed by atoms with Crippen molar-refractivity contribution in [2.45, 2.75) is 25.9 Å². The van der Waals surface area contributed by atoms with Crippen molar-refractivity contribution in [3.8, 4) is 0 Å². The molecule has 5 rings (SSSR count). The van der Waals surface area contributed by atoms with E-state index in [0.29, 0.717) is 38.3 Å². The van der Waals surface area contributed by atoms with Crippen LogP contribution < -0.4 is 5.56 Å². The van der Waals surface area contributed by atoms with Crippen LogP contribution in [0.4, 0.5) is 0 Å². The largest absolute Gasteiger partial charge is 0.336 e. The molecule has 8 heteroatoms. The minimum atomic E-state index is -0.103. The molecule has 6 nitrogen and oxygen atoms in total. The van der Waals surface area contributed by atoms with E-state index in [9.17, 15) is 9.59 Å². The second kappa shape index (κ2) is 8.26. The standard InChI is InChI=1S/C23H22Cl2N4O2/c24-19-12-17(13-20(25)26-19)22(30)28-9-7-27(8-10-28)14-18-11-16-4-1-3-15-5-2-6-29(21(15)16)23(18)31/h1,3-4,11-13H,2,5-10,14H2. The summed E-state index contributed by atoms with van der Waals surface area (Å²) in [5, 5.41) is 1.55. The van der Waals surface area contributed by atoms with Gasteiger partial charge in [-0.3, -0.25) is 14.5 Å². The Morgan fingerprint density at radius 3 is 2.48 bits per heavy atom. The molecule has 160 valence electrons. The van der Waals surface area contributed by atoms with Crippen molar-refractivity contribution in [1.82, 2.24) is 19.4 Å². The van der Waals surface area contributed by atoms with Crippen LogP contribution in [0, 0.1) is 0 Å². The van der Waals surface area contributed by atoms with Gasteiger partial charge >= 0.3 is 0 Å². The van der Waals surface area contributed by atoms with Gasteiger partial charge in [0.1, 0.15) is 10.3 Å². The van der Waals surface area contributed by atoms with E-state index >= 15 is 0 Å². The summed E-state index contributed by atoms with van der Waals surface area (Å²) in [6.45, 7) is 3.95. The van der Waals surface area contributed by atoms with Crippen molar-refractivity contribution >= 4 is 40.0 Å². The molecule has 31 heavy (non-hydrogen) atoms. The van der Waals surface area contributed by atoms with Crippen LogP contribution in [-0.2, 0) is 19.5 Å². The second-order valence-electron chi connectivity index (χ2n) is 8.15. The lowest BCUT2D eigenvalue weighted by molar-refractivity contribution is 0.0627. The van der Waals surface area contributed by atoms with Crippen molar-refractivity contribution in [3.05, 3.63) is 73.7 Å². The highest BCUT2D eigenvalue weighted by molar-refractivity contribution is 6.33. The van der Waals surface area contributed by atoms with Crippen LogP contribution in [0.15, 0.2) is 41.2 Å². The van der Waals surface area contributed by atoms with Crippen LogP contribution in [0.1, 0.15) is 27.9 Å². The molecule has 4 heterocycles. The average Bonchev–Trinajstić information content (AvgIpc) is 2.76. The van der Waals surface area contributed by atoms with E-state index in [1.165, 1.54) is 17.7 Å². The Labute approximate surface area is 190 Å². The lowest BCUT2D eigenvalue weighted by atomic mass is 10.00. The van der Waals surface area contributed by atoms with Gasteiger partial charge in [0.25, 0.3) is 11.5 Å². The number of nitrogens with zero attached hydrogens (tertiary/aromatic N) is 4. The number of hydrogen-bond donors (Lipinski definition) is 0. The summed E-state index contributed by atoms with van der Waals surface area (Å²) in [4.78, 5) is 33.9. The van der Waals surface area contributed by atoms with E-state index in [0.717, 1.165) is 35.9 Å². The zero-order chi connectivity index (χ0) is 21.5. The van der Waals surface area contributed by atoms with Crippen LogP contribution in [0.25, 0.3) is 10.9 Å². The van der Waals surface area contributed by atoms with Gasteiger partial charge < -0.3 is 9.47 Å². The van der Waals surface area contributed by atoms with Gasteiger partial charge in [-0.2, -0.15) is 0 Å². The summed E-state index contributed by atoms with van der Waals surface area (Å²) in [6.07, 6.45) is 2.03. The molecule has 1 aromatic carbocycles. The number of piperazine rings is 1. The lowest BCUT2D eigenvalue weighted by Gasteiger charge is -2.35. The number of rotatable bonds is 3. The van der Waals surface area contributed by atoms with Crippen molar-refractivity contribution in [3.63, 3.8) is 0 Å². The molecule has 2 aliphatic rings. The third-order valence-corrected chi connectivity index (χ3v) is 6.55. The third kappa shape index (κ3) is 3.95. The fourth-order valence-electron chi connectivity index (χ4n) is 4.66. The average molecular weight is 457 g/mol. The fourth-order valence-corrected chi connectivity index (χ4v) is 5.12. The monoisotopic (exact) mass is 456 g/mol. The van der Waals surface area contributed by atoms with Crippen LogP contribution in [0.2, 0.25) is 10.3 Å². The van der Waals surface area contributed by atoms with Gasteiger partial charge in [0, 0.05) is 50.4 Å². The molecule has 0 bridgehead atoms. The molecule has 0 unspecified atom stereocenters. The number of amides is 1. The molecule has 0 atom stereocenters. The molecule has 0 saturated carbocycles. The maximum atomic E-state index is 13.1. The Hall–Kier alpha value is -2.41. The number of pyridine rings is 2. The highest BCUT2D eigenvalue weighted by Gasteiger charge is 2.24. The van der Waals surface area contributed by atoms with Crippen molar-refractivity contribution in [1.29, 1.82) is 0 Å². The van der Waals surface area contributed by atoms with Gasteiger partial charge in [-0.25, -0.2) is 4.98 Å². The minimum absolute atomic E-state index is 0.103. The number of carbonyl (C=O) groups is 1. The number of aromatic nitrogens is 2. The molecule has 2 aliphatic heterocycles. The number of aryl methyl sites for hydroxylation is 2. The highest BCUT2D eigenvalue weighted by Crippen LogP contribution is 2.24. The fraction of sp³-hybridized carbons (Fsp3) is 0.348. The quantitative estimate of drug-likeness (QED) is 0.564. The number of para-hydroxylation sites is 1. The summed E-state index contributed by atoms with van der Waals surface area (Å²) >= 11 is 11.9. The zero-order valence-corrected chi connectivity index (χ0v) is 18.5. The van der Waals surface area contributed by atoms with Gasteiger partial charge in [0.15, 0.2) is 0 Å². The summed E-state index contributed by atoms with van der Waals surface area (Å²) < 4.78 is 1.94. The molecular formula is C23H22Cl2N4O2. The van der Waals surface area contributed by atoms with Gasteiger partial charge in [-0.15, -0.1) is 0 Å². The molecule has 0 aliphatic carbocycles. The van der Waals surface area contributed by atoms with Crippen molar-refractivity contribution in [2.75, 3.05) is 26.2 Å². The topological polar surface area (TPSA) is 58.4 Å². The van der Waals surface area contributed by atoms with E-state index in [1.807, 2.05) is 10.6 Å². The summed E-state index contributed by atoms with van der Waals surface area (Å²) in [5.74, 6) is -0.103. The van der Waals surface area contributed by atoms with Gasteiger partial charge in [0.05, 0.1) is 5.52 Å². The van der Waals surface area contributed by atoms with E-state index in [-0.39, 0.29) is 21.8 Å². The second-order valence-corrected chi connectivity index (χ2v) is 8.93. The van der Waals surface area contributed by atoms with Crippen LogP contribution in [-0.4, -0.2) is 51.4 Å². The first-order valence-corrected chi connectivity index (χ1v) is 11.2. The van der Waals surface area contributed by atoms with Crippen molar-refractivity contribution < 1.29 is 4.79 Å². The van der Waals surface area contributed by atoms with Crippen LogP contribution >= 0.6 is 23.2 Å². The third-order valence-electron chi connectivity index (χ3n) is 6.16. The molecule has 1 amide bonds. The normalized spacial score (nSPS) is 16.6. The Kier molecular flexibility index (Phi) is 5.46. The molecule has 1 fully saturated rings. The molecule has 0 N–H and O–H groups in total. The van der Waals surface area contributed by atoms with Crippen molar-refractivity contribution in [2.24, 2.45) is 0 Å². The smallest absolute Gasteiger partial charge is 0.255 e. The highest BCUT2D eigenvalue weighted by atomic mass is 35.5. The van der Waals surface area contributed by atoms with Gasteiger partial charge in [-0.05, 0) is 42.0 Å². The first kappa shape index (κ1) is 20.5. The first-order valence-electron chi connectivity index (χ1n) is 10.5. The number of hydrogen-bond acceptors (Lipinski definition) is 4. The molecular weight excluding hydrogens is 435 g/mol. The lowest BCUT2D eigenvalue weighted by Crippen LogP contribution is -2.48. The van der Waals surface area contributed by atoms with E-state index in [1.54, 1.807) is 4.90 Å². The zero-order valence-electron chi connectivity index (χ0n) is 17.0. The predicted octanol–water partition coefficient (Wildman–Crippen LogP) is 3.61. The number of halogens is 2. The maximum absolute atomic E-state index is 13.1. The SMILES string of the molecule is O=C(c1cc(Cl)nc(Cl)c1)N1CCN(Cc2cc3cccc4c3n(c2=O)CCC4)CC1. The molecule has 3 aromatic rings. The Balaban J connectivity index is 1.31. The summed E-state index contributed by atoms with van der Waals surface area (Å²) in [7, 11) is 0. The Morgan fingerprint density at radius 1 is 1.00 bits per heavy atom. The number of benzene rings is 1. The minimum Gasteiger partial charge on any atom is -0.336 e. The van der Waals surface area contributed by atoms with Gasteiger partial charge in [0.2, 0.25) is 0 Å². The van der Waals surface area contributed by atoms with Gasteiger partial charge in [-0.1, -0.05) is 41.4 Å². The first-order chi connectivity index (χ1) is 15.0. The molecule has 1 saturated heterocycles. The van der Waals surface area contributed by atoms with E-state index < -0.39 is 0 Å². The molecule has 0 radical (unpaired) electrons. The predicted molar refractivity (Wildman–Crippen MR) is 122 cm³/mol. The molecule has 2 aromatic heterocycles. The Bertz CT molecular complexity index is 1210. The van der Waals surface area contributed by atoms with Crippen LogP contribution in [0.5, 0.6) is 0 Å². The maximum Gasteiger partial charge on any atom is 0.255 e. The van der Waals surface area contributed by atoms with Crippen LogP contribution in [0.3, 0.4) is 0 Å². The van der Waals surface area contributed by atoms with E-state index in [2.05, 4.69) is 28.1 Å². The summed E-state index contributed by atoms with van der Waals surface area (Å²) in [6, 6.07) is 11.4. The van der Waals surface area contributed by atoms with E-state index in [4.69, 9.17) is 23.2 Å². The molecule has 0 spiro atoms.